The minimum Gasteiger partial charge on any atom is -0.481 e. The van der Waals surface area contributed by atoms with Crippen LogP contribution in [0.4, 0.5) is 13.2 Å². The van der Waals surface area contributed by atoms with Crippen LogP contribution in [0.2, 0.25) is 0 Å². The number of morpholine rings is 1. The van der Waals surface area contributed by atoms with E-state index < -0.39 is 35.7 Å². The largest absolute Gasteiger partial charge is 0.490 e. The van der Waals surface area contributed by atoms with Crippen LogP contribution in [0.1, 0.15) is 27.2 Å². The van der Waals surface area contributed by atoms with Crippen LogP contribution in [0.3, 0.4) is 0 Å². The second-order valence-electron chi connectivity index (χ2n) is 5.16. The number of cyclic esters (lactones) is 1. The summed E-state index contributed by atoms with van der Waals surface area (Å²) >= 11 is 0. The molecule has 1 atom stereocenters. The highest BCUT2D eigenvalue weighted by molar-refractivity contribution is 5.82. The van der Waals surface area contributed by atoms with Crippen molar-refractivity contribution in [3.05, 3.63) is 0 Å². The fourth-order valence-corrected chi connectivity index (χ4v) is 1.83. The summed E-state index contributed by atoms with van der Waals surface area (Å²) in [7, 11) is 0. The molecule has 0 aliphatic carbocycles. The van der Waals surface area contributed by atoms with Crippen LogP contribution in [0.5, 0.6) is 0 Å². The van der Waals surface area contributed by atoms with Crippen molar-refractivity contribution in [2.24, 2.45) is 0 Å². The molecule has 2 N–H and O–H groups in total. The van der Waals surface area contributed by atoms with Crippen molar-refractivity contribution in [2.75, 3.05) is 13.1 Å². The molecule has 7 nitrogen and oxygen atoms in total. The average molecular weight is 329 g/mol. The van der Waals surface area contributed by atoms with Crippen molar-refractivity contribution in [3.63, 3.8) is 0 Å². The number of rotatable bonds is 3. The Kier molecular flexibility index (Phi) is 6.81. The van der Waals surface area contributed by atoms with E-state index in [0.29, 0.717) is 13.1 Å². The Balaban J connectivity index is 0.000000534. The van der Waals surface area contributed by atoms with Gasteiger partial charge in [-0.3, -0.25) is 14.5 Å². The van der Waals surface area contributed by atoms with Gasteiger partial charge in [0, 0.05) is 6.54 Å². The van der Waals surface area contributed by atoms with Gasteiger partial charge >= 0.3 is 24.1 Å². The third-order valence-electron chi connectivity index (χ3n) is 2.69. The van der Waals surface area contributed by atoms with Gasteiger partial charge in [-0.05, 0) is 20.4 Å². The Morgan fingerprint density at radius 1 is 1.36 bits per heavy atom. The van der Waals surface area contributed by atoms with Gasteiger partial charge in [0.05, 0.1) is 6.42 Å². The summed E-state index contributed by atoms with van der Waals surface area (Å²) in [5.41, 5.74) is -0.526. The summed E-state index contributed by atoms with van der Waals surface area (Å²) in [6.45, 7) is 6.78. The van der Waals surface area contributed by atoms with Crippen LogP contribution < -0.4 is 0 Å². The molecule has 1 unspecified atom stereocenters. The number of alkyl halides is 3. The SMILES string of the molecule is CCN1CC(C)(C)OC(=O)C1CC(=O)O.O=C(O)C(F)(F)F. The number of likely N-dealkylation sites (N-methyl/N-ethyl adjacent to an activating group) is 1. The van der Waals surface area contributed by atoms with E-state index in [9.17, 15) is 22.8 Å². The number of ether oxygens (including phenoxy) is 1. The lowest BCUT2D eigenvalue weighted by Crippen LogP contribution is -2.57. The van der Waals surface area contributed by atoms with E-state index in [1.165, 1.54) is 0 Å². The van der Waals surface area contributed by atoms with Gasteiger partial charge in [0.15, 0.2) is 0 Å². The third-order valence-corrected chi connectivity index (χ3v) is 2.69. The molecule has 1 saturated heterocycles. The van der Waals surface area contributed by atoms with Crippen molar-refractivity contribution in [3.8, 4) is 0 Å². The van der Waals surface area contributed by atoms with Gasteiger partial charge < -0.3 is 14.9 Å². The number of hydrogen-bond donors (Lipinski definition) is 2. The number of nitrogens with zero attached hydrogens (tertiary/aromatic N) is 1. The highest BCUT2D eigenvalue weighted by Gasteiger charge is 2.40. The fraction of sp³-hybridized carbons (Fsp3) is 0.750. The molecule has 1 aliphatic rings. The molecule has 0 radical (unpaired) electrons. The van der Waals surface area contributed by atoms with E-state index in [2.05, 4.69) is 0 Å². The maximum atomic E-state index is 11.6. The molecule has 22 heavy (non-hydrogen) atoms. The summed E-state index contributed by atoms with van der Waals surface area (Å²) in [5.74, 6) is -4.17. The van der Waals surface area contributed by atoms with Gasteiger partial charge in [-0.1, -0.05) is 6.92 Å². The lowest BCUT2D eigenvalue weighted by molar-refractivity contribution is -0.192. The molecule has 0 saturated carbocycles. The van der Waals surface area contributed by atoms with Crippen LogP contribution in [0.25, 0.3) is 0 Å². The first kappa shape index (κ1) is 20.2. The van der Waals surface area contributed by atoms with Crippen LogP contribution in [0.15, 0.2) is 0 Å². The molecule has 0 spiro atoms. The number of hydrogen-bond acceptors (Lipinski definition) is 5. The minimum atomic E-state index is -5.08. The molecule has 1 heterocycles. The van der Waals surface area contributed by atoms with Gasteiger partial charge in [-0.2, -0.15) is 13.2 Å². The number of carboxylic acid groups (broad SMARTS) is 2. The molecule has 0 bridgehead atoms. The lowest BCUT2D eigenvalue weighted by Gasteiger charge is -2.41. The Bertz CT molecular complexity index is 435. The normalized spacial score (nSPS) is 21.4. The fourth-order valence-electron chi connectivity index (χ4n) is 1.83. The summed E-state index contributed by atoms with van der Waals surface area (Å²) in [4.78, 5) is 32.9. The molecular weight excluding hydrogens is 311 g/mol. The van der Waals surface area contributed by atoms with E-state index >= 15 is 0 Å². The van der Waals surface area contributed by atoms with Crippen LogP contribution in [0, 0.1) is 0 Å². The third kappa shape index (κ3) is 6.74. The van der Waals surface area contributed by atoms with E-state index in [1.54, 1.807) is 0 Å². The highest BCUT2D eigenvalue weighted by atomic mass is 19.4. The number of carbonyl (C=O) groups is 3. The first-order chi connectivity index (χ1) is 9.80. The topological polar surface area (TPSA) is 104 Å². The van der Waals surface area contributed by atoms with Crippen LogP contribution >= 0.6 is 0 Å². The Morgan fingerprint density at radius 3 is 2.14 bits per heavy atom. The zero-order valence-corrected chi connectivity index (χ0v) is 12.3. The first-order valence-electron chi connectivity index (χ1n) is 6.29. The second-order valence-corrected chi connectivity index (χ2v) is 5.16. The molecule has 1 fully saturated rings. The maximum absolute atomic E-state index is 11.6. The monoisotopic (exact) mass is 329 g/mol. The predicted molar refractivity (Wildman–Crippen MR) is 67.1 cm³/mol. The minimum absolute atomic E-state index is 0.192. The van der Waals surface area contributed by atoms with Crippen molar-refractivity contribution in [2.45, 2.75) is 45.0 Å². The van der Waals surface area contributed by atoms with Crippen LogP contribution in [-0.2, 0) is 19.1 Å². The van der Waals surface area contributed by atoms with Gasteiger partial charge in [-0.15, -0.1) is 0 Å². The number of halogens is 3. The Labute approximate surface area is 124 Å². The second kappa shape index (κ2) is 7.43. The number of carbonyl (C=O) groups excluding carboxylic acids is 1. The molecule has 0 aromatic heterocycles. The van der Waals surface area contributed by atoms with Crippen molar-refractivity contribution < 1.29 is 42.5 Å². The van der Waals surface area contributed by atoms with E-state index in [1.807, 2.05) is 25.7 Å². The van der Waals surface area contributed by atoms with Gasteiger partial charge in [-0.25, -0.2) is 4.79 Å². The number of esters is 1. The summed E-state index contributed by atoms with van der Waals surface area (Å²) in [6, 6.07) is -0.638. The average Bonchev–Trinajstić information content (AvgIpc) is 2.30. The van der Waals surface area contributed by atoms with Crippen molar-refractivity contribution >= 4 is 17.9 Å². The van der Waals surface area contributed by atoms with Crippen molar-refractivity contribution in [1.82, 2.24) is 4.90 Å². The van der Waals surface area contributed by atoms with Gasteiger partial charge in [0.1, 0.15) is 11.6 Å². The Hall–Kier alpha value is -1.84. The lowest BCUT2D eigenvalue weighted by atomic mass is 10.0. The molecule has 0 aromatic rings. The predicted octanol–water partition coefficient (Wildman–Crippen LogP) is 1.12. The van der Waals surface area contributed by atoms with E-state index in [4.69, 9.17) is 19.7 Å². The van der Waals surface area contributed by atoms with E-state index in [0.717, 1.165) is 0 Å². The van der Waals surface area contributed by atoms with Gasteiger partial charge in [0.2, 0.25) is 0 Å². The standard InChI is InChI=1S/C10H17NO4.C2HF3O2/c1-4-11-6-10(2,3)15-9(14)7(11)5-8(12)13;3-2(4,5)1(6)7/h7H,4-6H2,1-3H3,(H,12,13);(H,6,7). The zero-order valence-electron chi connectivity index (χ0n) is 12.3. The molecule has 1 aliphatic heterocycles. The Morgan fingerprint density at radius 2 is 1.82 bits per heavy atom. The number of carboxylic acids is 2. The van der Waals surface area contributed by atoms with Crippen LogP contribution in [-0.4, -0.2) is 63.9 Å². The van der Waals surface area contributed by atoms with E-state index in [-0.39, 0.29) is 6.42 Å². The summed E-state index contributed by atoms with van der Waals surface area (Å²) in [5, 5.41) is 15.8. The zero-order chi connectivity index (χ0) is 17.7. The maximum Gasteiger partial charge on any atom is 0.490 e. The molecule has 128 valence electrons. The van der Waals surface area contributed by atoms with Crippen molar-refractivity contribution in [1.29, 1.82) is 0 Å². The molecule has 1 rings (SSSR count). The molecule has 0 aromatic carbocycles. The summed E-state index contributed by atoms with van der Waals surface area (Å²) < 4.78 is 36.9. The molecular formula is C12H18F3NO6. The highest BCUT2D eigenvalue weighted by Crippen LogP contribution is 2.23. The molecule has 0 amide bonds. The smallest absolute Gasteiger partial charge is 0.481 e. The molecule has 10 heteroatoms. The first-order valence-corrected chi connectivity index (χ1v) is 6.29. The summed E-state index contributed by atoms with van der Waals surface area (Å²) in [6.07, 6.45) is -5.28. The quantitative estimate of drug-likeness (QED) is 0.748. The van der Waals surface area contributed by atoms with Gasteiger partial charge in [0.25, 0.3) is 0 Å². The number of aliphatic carboxylic acids is 2.